The zero-order chi connectivity index (χ0) is 11.8. The molecule has 3 heterocycles. The van der Waals surface area contributed by atoms with Gasteiger partial charge in [-0.2, -0.15) is 0 Å². The number of aromatic nitrogens is 4. The zero-order valence-corrected chi connectivity index (χ0v) is 9.06. The molecule has 90 valence electrons. The highest BCUT2D eigenvalue weighted by Crippen LogP contribution is 2.04. The monoisotopic (exact) mass is 236 g/mol. The number of aromatic amines is 2. The number of rotatable bonds is 1. The van der Waals surface area contributed by atoms with Gasteiger partial charge in [-0.15, -0.1) is 0 Å². The highest BCUT2D eigenvalue weighted by Gasteiger charge is 2.15. The smallest absolute Gasteiger partial charge is 0.313 e. The van der Waals surface area contributed by atoms with Crippen LogP contribution in [-0.4, -0.2) is 45.8 Å². The van der Waals surface area contributed by atoms with E-state index in [-0.39, 0.29) is 5.52 Å². The van der Waals surface area contributed by atoms with Gasteiger partial charge in [-0.25, -0.2) is 14.5 Å². The van der Waals surface area contributed by atoms with E-state index in [1.54, 1.807) is 11.0 Å². The van der Waals surface area contributed by atoms with E-state index in [1.165, 1.54) is 0 Å². The summed E-state index contributed by atoms with van der Waals surface area (Å²) < 4.78 is 1.73. The Morgan fingerprint density at radius 1 is 1.18 bits per heavy atom. The molecule has 0 unspecified atom stereocenters. The third kappa shape index (κ3) is 1.62. The van der Waals surface area contributed by atoms with Crippen LogP contribution in [0.3, 0.4) is 0 Å². The Kier molecular flexibility index (Phi) is 2.22. The van der Waals surface area contributed by atoms with Crippen molar-refractivity contribution in [2.24, 2.45) is 0 Å². The lowest BCUT2D eigenvalue weighted by Gasteiger charge is -2.29. The molecule has 0 radical (unpaired) electrons. The van der Waals surface area contributed by atoms with E-state index in [0.29, 0.717) is 5.65 Å². The summed E-state index contributed by atoms with van der Waals surface area (Å²) in [7, 11) is 0. The van der Waals surface area contributed by atoms with Crippen LogP contribution in [0.1, 0.15) is 0 Å². The molecule has 0 spiro atoms. The lowest BCUT2D eigenvalue weighted by molar-refractivity contribution is 0.496. The molecule has 3 N–H and O–H groups in total. The van der Waals surface area contributed by atoms with Crippen LogP contribution in [0.25, 0.3) is 11.2 Å². The molecular formula is C9H12N6O2. The first-order valence-corrected chi connectivity index (χ1v) is 5.41. The van der Waals surface area contributed by atoms with E-state index in [1.807, 2.05) is 5.01 Å². The fourth-order valence-electron chi connectivity index (χ4n) is 2.01. The van der Waals surface area contributed by atoms with Crippen molar-refractivity contribution in [3.63, 3.8) is 0 Å². The second kappa shape index (κ2) is 3.74. The van der Waals surface area contributed by atoms with Gasteiger partial charge in [0.05, 0.1) is 0 Å². The zero-order valence-electron chi connectivity index (χ0n) is 9.06. The molecule has 3 rings (SSSR count). The summed E-state index contributed by atoms with van der Waals surface area (Å²) in [6.07, 6.45) is 1.56. The van der Waals surface area contributed by atoms with Gasteiger partial charge >= 0.3 is 5.69 Å². The average Bonchev–Trinajstić information content (AvgIpc) is 2.74. The largest absolute Gasteiger partial charge is 0.327 e. The number of fused-ring (bicyclic) bond motifs is 1. The van der Waals surface area contributed by atoms with Gasteiger partial charge in [0.25, 0.3) is 5.56 Å². The Bertz CT molecular complexity index is 647. The van der Waals surface area contributed by atoms with Crippen LogP contribution in [0.2, 0.25) is 0 Å². The normalized spacial score (nSPS) is 16.6. The molecule has 1 aliphatic rings. The van der Waals surface area contributed by atoms with E-state index < -0.39 is 11.2 Å². The van der Waals surface area contributed by atoms with E-state index in [0.717, 1.165) is 26.2 Å². The highest BCUT2D eigenvalue weighted by atomic mass is 16.2. The molecular weight excluding hydrogens is 224 g/mol. The van der Waals surface area contributed by atoms with Crippen LogP contribution < -0.4 is 21.6 Å². The van der Waals surface area contributed by atoms with Crippen molar-refractivity contribution in [1.82, 2.24) is 24.9 Å². The first-order valence-electron chi connectivity index (χ1n) is 5.41. The molecule has 0 bridgehead atoms. The van der Waals surface area contributed by atoms with Gasteiger partial charge in [0.1, 0.15) is 6.33 Å². The number of hydrogen-bond donors (Lipinski definition) is 3. The lowest BCUT2D eigenvalue weighted by Crippen LogP contribution is -2.49. The third-order valence-electron chi connectivity index (χ3n) is 2.82. The molecule has 17 heavy (non-hydrogen) atoms. The highest BCUT2D eigenvalue weighted by molar-refractivity contribution is 5.69. The molecule has 1 aliphatic heterocycles. The van der Waals surface area contributed by atoms with Crippen LogP contribution in [-0.2, 0) is 0 Å². The Labute approximate surface area is 95.2 Å². The van der Waals surface area contributed by atoms with E-state index in [9.17, 15) is 9.59 Å². The first kappa shape index (κ1) is 10.1. The number of H-pyrrole nitrogens is 2. The fourth-order valence-corrected chi connectivity index (χ4v) is 2.01. The van der Waals surface area contributed by atoms with Crippen LogP contribution in [0, 0.1) is 0 Å². The number of nitrogens with one attached hydrogen (secondary N) is 3. The van der Waals surface area contributed by atoms with Crippen molar-refractivity contribution in [3.8, 4) is 0 Å². The summed E-state index contributed by atoms with van der Waals surface area (Å²) in [5.74, 6) is 0. The summed E-state index contributed by atoms with van der Waals surface area (Å²) in [4.78, 5) is 31.5. The summed E-state index contributed by atoms with van der Waals surface area (Å²) in [5, 5.41) is 5.26. The molecule has 0 aliphatic carbocycles. The van der Waals surface area contributed by atoms with Crippen molar-refractivity contribution >= 4 is 11.2 Å². The molecule has 0 aromatic carbocycles. The van der Waals surface area contributed by atoms with Crippen molar-refractivity contribution in [2.75, 3.05) is 31.2 Å². The second-order valence-corrected chi connectivity index (χ2v) is 3.90. The minimum atomic E-state index is -0.514. The Morgan fingerprint density at radius 3 is 2.71 bits per heavy atom. The minimum Gasteiger partial charge on any atom is -0.313 e. The van der Waals surface area contributed by atoms with Crippen molar-refractivity contribution in [2.45, 2.75) is 0 Å². The predicted molar refractivity (Wildman–Crippen MR) is 61.8 cm³/mol. The fraction of sp³-hybridized carbons (Fsp3) is 0.444. The quantitative estimate of drug-likeness (QED) is 0.529. The average molecular weight is 236 g/mol. The Hall–Kier alpha value is -2.09. The van der Waals surface area contributed by atoms with Crippen molar-refractivity contribution < 1.29 is 0 Å². The molecule has 8 nitrogen and oxygen atoms in total. The lowest BCUT2D eigenvalue weighted by atomic mass is 10.4. The maximum Gasteiger partial charge on any atom is 0.327 e. The van der Waals surface area contributed by atoms with Gasteiger partial charge in [0.2, 0.25) is 0 Å². The molecule has 8 heteroatoms. The summed E-state index contributed by atoms with van der Waals surface area (Å²) in [5.41, 5.74) is -0.277. The molecule has 0 saturated carbocycles. The third-order valence-corrected chi connectivity index (χ3v) is 2.82. The van der Waals surface area contributed by atoms with Gasteiger partial charge in [-0.1, -0.05) is 0 Å². The predicted octanol–water partition coefficient (Wildman–Crippen LogP) is -2.05. The standard InChI is InChI=1S/C9H12N6O2/c16-8-6-7(12-9(17)13-8)15(5-11-6)14-3-1-10-2-4-14/h5,10H,1-4H2,(H2,12,13,16,17). The van der Waals surface area contributed by atoms with Crippen LogP contribution in [0.15, 0.2) is 15.9 Å². The van der Waals surface area contributed by atoms with Crippen LogP contribution >= 0.6 is 0 Å². The molecule has 1 fully saturated rings. The maximum atomic E-state index is 11.5. The van der Waals surface area contributed by atoms with Gasteiger partial charge < -0.3 is 10.3 Å². The van der Waals surface area contributed by atoms with Gasteiger partial charge in [-0.05, 0) is 0 Å². The van der Waals surface area contributed by atoms with Gasteiger partial charge in [-0.3, -0.25) is 14.8 Å². The van der Waals surface area contributed by atoms with Crippen LogP contribution in [0.4, 0.5) is 0 Å². The minimum absolute atomic E-state index is 0.253. The molecule has 0 atom stereocenters. The first-order chi connectivity index (χ1) is 8.25. The number of piperazine rings is 1. The Balaban J connectivity index is 2.17. The molecule has 1 saturated heterocycles. The molecule has 0 amide bonds. The summed E-state index contributed by atoms with van der Waals surface area (Å²) in [6, 6.07) is 0. The summed E-state index contributed by atoms with van der Waals surface area (Å²) in [6.45, 7) is 3.35. The van der Waals surface area contributed by atoms with E-state index in [2.05, 4.69) is 20.3 Å². The van der Waals surface area contributed by atoms with Crippen molar-refractivity contribution in [3.05, 3.63) is 27.2 Å². The molecule has 2 aromatic rings. The molecule has 2 aromatic heterocycles. The SMILES string of the molecule is O=c1[nH]c(=O)c2ncn(N3CCNCC3)c2[nH]1. The van der Waals surface area contributed by atoms with E-state index in [4.69, 9.17) is 0 Å². The topological polar surface area (TPSA) is 98.8 Å². The van der Waals surface area contributed by atoms with E-state index >= 15 is 0 Å². The van der Waals surface area contributed by atoms with Gasteiger partial charge in [0.15, 0.2) is 11.2 Å². The number of nitrogens with zero attached hydrogens (tertiary/aromatic N) is 3. The summed E-state index contributed by atoms with van der Waals surface area (Å²) >= 11 is 0. The van der Waals surface area contributed by atoms with Gasteiger partial charge in [0, 0.05) is 26.2 Å². The maximum absolute atomic E-state index is 11.5. The number of hydrogen-bond acceptors (Lipinski definition) is 5. The Morgan fingerprint density at radius 2 is 1.94 bits per heavy atom. The van der Waals surface area contributed by atoms with Crippen molar-refractivity contribution in [1.29, 1.82) is 0 Å². The second-order valence-electron chi connectivity index (χ2n) is 3.90. The van der Waals surface area contributed by atoms with Crippen LogP contribution in [0.5, 0.6) is 0 Å². The number of imidazole rings is 1.